The van der Waals surface area contributed by atoms with Crippen molar-refractivity contribution in [1.82, 2.24) is 6.15 Å². The molecule has 0 aliphatic rings. The molecule has 0 aromatic rings. The number of rotatable bonds is 24. The molecule has 196 valence electrons. The lowest BCUT2D eigenvalue weighted by molar-refractivity contribution is 0.0979. The third kappa shape index (κ3) is 15.3. The molecule has 2 atom stereocenters. The van der Waals surface area contributed by atoms with Crippen molar-refractivity contribution in [3.05, 3.63) is 0 Å². The van der Waals surface area contributed by atoms with Crippen LogP contribution in [0.1, 0.15) is 129 Å². The standard InChI is InChI=1S/C26H55ClO3Si.H3N/c1-6-8-9-10-11-12-13-14-15-16-17-18-19-20-21-22-25(23-24-27)26(7-2)31(28-3,29-4)30-5;/h25-26H,6-24H2,1-5H3;1H3. The summed E-state index contributed by atoms with van der Waals surface area (Å²) in [5.74, 6) is 1.22. The minimum atomic E-state index is -2.61. The lowest BCUT2D eigenvalue weighted by atomic mass is 9.93. The minimum absolute atomic E-state index is 0. The normalized spacial score (nSPS) is 13.7. The molecular weight excluding hydrogens is 438 g/mol. The van der Waals surface area contributed by atoms with E-state index in [4.69, 9.17) is 24.9 Å². The van der Waals surface area contributed by atoms with E-state index in [2.05, 4.69) is 13.8 Å². The second kappa shape index (κ2) is 24.5. The van der Waals surface area contributed by atoms with E-state index in [0.717, 1.165) is 12.8 Å². The van der Waals surface area contributed by atoms with E-state index in [1.165, 1.54) is 103 Å². The van der Waals surface area contributed by atoms with Crippen LogP contribution in [0.15, 0.2) is 0 Å². The Morgan fingerprint density at radius 1 is 0.594 bits per heavy atom. The van der Waals surface area contributed by atoms with Crippen LogP contribution in [0.4, 0.5) is 0 Å². The van der Waals surface area contributed by atoms with Crippen molar-refractivity contribution in [2.75, 3.05) is 27.2 Å². The van der Waals surface area contributed by atoms with Gasteiger partial charge in [-0.1, -0.05) is 117 Å². The molecule has 6 heteroatoms. The summed E-state index contributed by atoms with van der Waals surface area (Å²) in [5.41, 5.74) is 0.331. The molecule has 0 bridgehead atoms. The van der Waals surface area contributed by atoms with Crippen LogP contribution < -0.4 is 6.15 Å². The van der Waals surface area contributed by atoms with Crippen LogP contribution in [-0.2, 0) is 13.3 Å². The molecule has 0 fully saturated rings. The highest BCUT2D eigenvalue weighted by atomic mass is 35.5. The minimum Gasteiger partial charge on any atom is -0.377 e. The summed E-state index contributed by atoms with van der Waals surface area (Å²) in [6.45, 7) is 4.51. The maximum Gasteiger partial charge on any atom is 0.503 e. The number of hydrogen-bond acceptors (Lipinski definition) is 4. The molecule has 0 amide bonds. The van der Waals surface area contributed by atoms with Crippen molar-refractivity contribution < 1.29 is 13.3 Å². The molecule has 32 heavy (non-hydrogen) atoms. The zero-order valence-electron chi connectivity index (χ0n) is 22.4. The van der Waals surface area contributed by atoms with E-state index in [9.17, 15) is 0 Å². The Kier molecular flexibility index (Phi) is 26.4. The summed E-state index contributed by atoms with van der Waals surface area (Å²) in [4.78, 5) is 0. The maximum absolute atomic E-state index is 6.14. The van der Waals surface area contributed by atoms with E-state index in [1.54, 1.807) is 21.3 Å². The van der Waals surface area contributed by atoms with Crippen molar-refractivity contribution in [2.45, 2.75) is 135 Å². The van der Waals surface area contributed by atoms with Crippen molar-refractivity contribution >= 4 is 20.4 Å². The van der Waals surface area contributed by atoms with Crippen LogP contribution in [0.2, 0.25) is 5.54 Å². The van der Waals surface area contributed by atoms with Crippen LogP contribution in [0.25, 0.3) is 0 Å². The second-order valence-corrected chi connectivity index (χ2v) is 12.8. The van der Waals surface area contributed by atoms with Crippen molar-refractivity contribution in [3.63, 3.8) is 0 Å². The van der Waals surface area contributed by atoms with E-state index in [-0.39, 0.29) is 6.15 Å². The molecule has 0 heterocycles. The molecule has 0 aliphatic carbocycles. The Balaban J connectivity index is 0. The smallest absolute Gasteiger partial charge is 0.377 e. The molecule has 0 radical (unpaired) electrons. The fourth-order valence-corrected chi connectivity index (χ4v) is 8.14. The number of alkyl halides is 1. The molecule has 2 unspecified atom stereocenters. The summed E-state index contributed by atoms with van der Waals surface area (Å²) in [6, 6.07) is 0. The van der Waals surface area contributed by atoms with Crippen molar-refractivity contribution in [3.8, 4) is 0 Å². The van der Waals surface area contributed by atoms with E-state index < -0.39 is 8.80 Å². The summed E-state index contributed by atoms with van der Waals surface area (Å²) in [7, 11) is 2.57. The van der Waals surface area contributed by atoms with Gasteiger partial charge in [0.15, 0.2) is 0 Å². The monoisotopic (exact) mass is 495 g/mol. The van der Waals surface area contributed by atoms with Crippen LogP contribution in [0.5, 0.6) is 0 Å². The first-order valence-electron chi connectivity index (χ1n) is 13.4. The highest BCUT2D eigenvalue weighted by molar-refractivity contribution is 6.62. The van der Waals surface area contributed by atoms with Gasteiger partial charge in [-0.05, 0) is 18.8 Å². The second-order valence-electron chi connectivity index (χ2n) is 9.21. The molecule has 0 saturated carbocycles. The Morgan fingerprint density at radius 3 is 1.28 bits per heavy atom. The van der Waals surface area contributed by atoms with Gasteiger partial charge in [0.2, 0.25) is 0 Å². The first kappa shape index (κ1) is 34.5. The predicted octanol–water partition coefficient (Wildman–Crippen LogP) is 9.31. The predicted molar refractivity (Wildman–Crippen MR) is 144 cm³/mol. The Labute approximate surface area is 207 Å². The topological polar surface area (TPSA) is 62.7 Å². The van der Waals surface area contributed by atoms with Gasteiger partial charge in [0.1, 0.15) is 0 Å². The molecular formula is C26H58ClNO3Si. The number of hydrogen-bond donors (Lipinski definition) is 1. The summed E-state index contributed by atoms with van der Waals surface area (Å²) in [5, 5.41) is 0. The molecule has 0 aromatic heterocycles. The molecule has 4 nitrogen and oxygen atoms in total. The Hall–Kier alpha value is 0.347. The van der Waals surface area contributed by atoms with Crippen LogP contribution in [0, 0.1) is 5.92 Å². The molecule has 0 rings (SSSR count). The Bertz CT molecular complexity index is 365. The molecule has 0 spiro atoms. The van der Waals surface area contributed by atoms with Crippen molar-refractivity contribution in [2.24, 2.45) is 5.92 Å². The fourth-order valence-electron chi connectivity index (χ4n) is 5.04. The average molecular weight is 496 g/mol. The third-order valence-corrected chi connectivity index (χ3v) is 10.7. The first-order valence-corrected chi connectivity index (χ1v) is 15.7. The van der Waals surface area contributed by atoms with Crippen LogP contribution in [-0.4, -0.2) is 36.0 Å². The van der Waals surface area contributed by atoms with Gasteiger partial charge in [-0.2, -0.15) is 0 Å². The number of halogens is 1. The average Bonchev–Trinajstić information content (AvgIpc) is 2.79. The van der Waals surface area contributed by atoms with E-state index in [1.807, 2.05) is 0 Å². The van der Waals surface area contributed by atoms with Gasteiger partial charge in [0, 0.05) is 32.8 Å². The molecule has 3 N–H and O–H groups in total. The van der Waals surface area contributed by atoms with E-state index in [0.29, 0.717) is 17.3 Å². The van der Waals surface area contributed by atoms with Crippen LogP contribution >= 0.6 is 11.6 Å². The van der Waals surface area contributed by atoms with Crippen LogP contribution in [0.3, 0.4) is 0 Å². The van der Waals surface area contributed by atoms with Gasteiger partial charge in [-0.15, -0.1) is 11.6 Å². The summed E-state index contributed by atoms with van der Waals surface area (Å²) < 4.78 is 17.4. The van der Waals surface area contributed by atoms with Gasteiger partial charge in [-0.25, -0.2) is 0 Å². The molecule has 0 saturated heterocycles. The largest absolute Gasteiger partial charge is 0.503 e. The van der Waals surface area contributed by atoms with Gasteiger partial charge in [-0.3, -0.25) is 0 Å². The maximum atomic E-state index is 6.14. The fraction of sp³-hybridized carbons (Fsp3) is 1.00. The highest BCUT2D eigenvalue weighted by Crippen LogP contribution is 2.39. The first-order chi connectivity index (χ1) is 15.2. The lowest BCUT2D eigenvalue weighted by Gasteiger charge is -2.37. The summed E-state index contributed by atoms with van der Waals surface area (Å²) in [6.07, 6.45) is 24.3. The lowest BCUT2D eigenvalue weighted by Crippen LogP contribution is -2.50. The van der Waals surface area contributed by atoms with Gasteiger partial charge in [0.05, 0.1) is 0 Å². The highest BCUT2D eigenvalue weighted by Gasteiger charge is 2.49. The van der Waals surface area contributed by atoms with Gasteiger partial charge < -0.3 is 19.4 Å². The molecule has 0 aliphatic heterocycles. The third-order valence-electron chi connectivity index (χ3n) is 6.97. The van der Waals surface area contributed by atoms with E-state index >= 15 is 0 Å². The summed E-state index contributed by atoms with van der Waals surface area (Å²) >= 11 is 6.14. The number of unbranched alkanes of at least 4 members (excludes halogenated alkanes) is 14. The zero-order valence-corrected chi connectivity index (χ0v) is 24.2. The van der Waals surface area contributed by atoms with Gasteiger partial charge in [0.25, 0.3) is 0 Å². The molecule has 0 aromatic carbocycles. The quantitative estimate of drug-likeness (QED) is 0.0822. The van der Waals surface area contributed by atoms with Gasteiger partial charge >= 0.3 is 8.80 Å². The van der Waals surface area contributed by atoms with Crippen molar-refractivity contribution in [1.29, 1.82) is 0 Å². The Morgan fingerprint density at radius 2 is 0.969 bits per heavy atom. The SMILES string of the molecule is CCCCCCCCCCCCCCCCCC(CCCl)C(CC)[Si](OC)(OC)OC.N. The zero-order chi connectivity index (χ0) is 23.2.